The van der Waals surface area contributed by atoms with Crippen molar-refractivity contribution in [1.29, 1.82) is 0 Å². The highest BCUT2D eigenvalue weighted by Crippen LogP contribution is 2.26. The third-order valence-corrected chi connectivity index (χ3v) is 3.80. The van der Waals surface area contributed by atoms with E-state index < -0.39 is 5.41 Å². The summed E-state index contributed by atoms with van der Waals surface area (Å²) >= 11 is 0. The van der Waals surface area contributed by atoms with E-state index in [4.69, 9.17) is 9.15 Å². The predicted molar refractivity (Wildman–Crippen MR) is 89.9 cm³/mol. The topological polar surface area (TPSA) is 56.5 Å². The lowest BCUT2D eigenvalue weighted by atomic mass is 9.91. The van der Waals surface area contributed by atoms with Crippen molar-refractivity contribution >= 4 is 27.5 Å². The van der Waals surface area contributed by atoms with E-state index in [-0.39, 0.29) is 18.0 Å². The van der Waals surface area contributed by atoms with Gasteiger partial charge >= 0.3 is 5.63 Å². The molecule has 0 N–H and O–H groups in total. The molecule has 0 bridgehead atoms. The maximum atomic E-state index is 12.0. The largest absolute Gasteiger partial charge is 0.486 e. The average molecular weight is 310 g/mol. The van der Waals surface area contributed by atoms with Crippen LogP contribution in [0.2, 0.25) is 0 Å². The number of ketones is 1. The van der Waals surface area contributed by atoms with Gasteiger partial charge in [0, 0.05) is 16.9 Å². The summed E-state index contributed by atoms with van der Waals surface area (Å²) in [5.74, 6) is 0.520. The minimum Gasteiger partial charge on any atom is -0.486 e. The Morgan fingerprint density at radius 1 is 1.04 bits per heavy atom. The lowest BCUT2D eigenvalue weighted by Crippen LogP contribution is -2.26. The van der Waals surface area contributed by atoms with Crippen LogP contribution >= 0.6 is 0 Å². The standard InChI is InChI=1S/C19H18O4/c1-19(2,3)17(20)11-22-12-8-9-14-13-6-4-5-7-15(13)18(21)23-16(14)10-12/h4-10H,11H2,1-3H3. The second kappa shape index (κ2) is 5.54. The fraction of sp³-hybridized carbons (Fsp3) is 0.263. The Labute approximate surface area is 133 Å². The van der Waals surface area contributed by atoms with Gasteiger partial charge in [0.25, 0.3) is 0 Å². The van der Waals surface area contributed by atoms with E-state index in [1.54, 1.807) is 24.3 Å². The molecule has 2 aromatic carbocycles. The molecule has 1 aromatic heterocycles. The number of benzene rings is 2. The highest BCUT2D eigenvalue weighted by molar-refractivity contribution is 6.04. The summed E-state index contributed by atoms with van der Waals surface area (Å²) in [5.41, 5.74) is -0.370. The van der Waals surface area contributed by atoms with Gasteiger partial charge in [0.2, 0.25) is 0 Å². The second-order valence-corrected chi connectivity index (χ2v) is 6.55. The van der Waals surface area contributed by atoms with Gasteiger partial charge in [0.1, 0.15) is 17.9 Å². The van der Waals surface area contributed by atoms with Crippen molar-refractivity contribution in [1.82, 2.24) is 0 Å². The summed E-state index contributed by atoms with van der Waals surface area (Å²) in [6, 6.07) is 12.6. The molecular formula is C19H18O4. The Morgan fingerprint density at radius 2 is 1.74 bits per heavy atom. The van der Waals surface area contributed by atoms with Crippen LogP contribution in [0.25, 0.3) is 21.7 Å². The molecule has 0 atom stereocenters. The van der Waals surface area contributed by atoms with E-state index in [2.05, 4.69) is 0 Å². The zero-order valence-corrected chi connectivity index (χ0v) is 13.4. The molecule has 0 spiro atoms. The fourth-order valence-corrected chi connectivity index (χ4v) is 2.32. The summed E-state index contributed by atoms with van der Waals surface area (Å²) in [5, 5.41) is 2.24. The van der Waals surface area contributed by atoms with Crippen LogP contribution in [-0.4, -0.2) is 12.4 Å². The van der Waals surface area contributed by atoms with Gasteiger partial charge in [-0.05, 0) is 23.6 Å². The lowest BCUT2D eigenvalue weighted by molar-refractivity contribution is -0.128. The molecule has 0 fully saturated rings. The van der Waals surface area contributed by atoms with E-state index in [1.807, 2.05) is 39.0 Å². The van der Waals surface area contributed by atoms with Crippen molar-refractivity contribution in [2.24, 2.45) is 5.41 Å². The molecule has 3 rings (SSSR count). The molecule has 0 aliphatic rings. The van der Waals surface area contributed by atoms with E-state index in [0.29, 0.717) is 16.7 Å². The van der Waals surface area contributed by atoms with Crippen molar-refractivity contribution in [3.05, 3.63) is 52.9 Å². The predicted octanol–water partition coefficient (Wildman–Crippen LogP) is 3.94. The zero-order valence-electron chi connectivity index (χ0n) is 13.4. The van der Waals surface area contributed by atoms with Crippen LogP contribution in [0.5, 0.6) is 5.75 Å². The number of Topliss-reactive ketones (excluding diaryl/α,β-unsaturated/α-hetero) is 1. The first-order valence-electron chi connectivity index (χ1n) is 7.48. The number of carbonyl (C=O) groups excluding carboxylic acids is 1. The highest BCUT2D eigenvalue weighted by atomic mass is 16.5. The van der Waals surface area contributed by atoms with E-state index in [9.17, 15) is 9.59 Å². The molecule has 0 aliphatic heterocycles. The molecule has 0 saturated heterocycles. The molecule has 0 saturated carbocycles. The maximum Gasteiger partial charge on any atom is 0.344 e. The molecule has 0 radical (unpaired) electrons. The molecular weight excluding hydrogens is 292 g/mol. The maximum absolute atomic E-state index is 12.0. The number of fused-ring (bicyclic) bond motifs is 3. The van der Waals surface area contributed by atoms with Gasteiger partial charge in [-0.25, -0.2) is 4.79 Å². The number of ether oxygens (including phenoxy) is 1. The smallest absolute Gasteiger partial charge is 0.344 e. The molecule has 118 valence electrons. The summed E-state index contributed by atoms with van der Waals surface area (Å²) in [4.78, 5) is 24.0. The molecule has 4 heteroatoms. The summed E-state index contributed by atoms with van der Waals surface area (Å²) < 4.78 is 10.9. The van der Waals surface area contributed by atoms with Gasteiger partial charge in [-0.15, -0.1) is 0 Å². The number of carbonyl (C=O) groups is 1. The van der Waals surface area contributed by atoms with Crippen LogP contribution in [0.4, 0.5) is 0 Å². The summed E-state index contributed by atoms with van der Waals surface area (Å²) in [6.07, 6.45) is 0. The summed E-state index contributed by atoms with van der Waals surface area (Å²) in [7, 11) is 0. The monoisotopic (exact) mass is 310 g/mol. The van der Waals surface area contributed by atoms with E-state index in [1.165, 1.54) is 0 Å². The van der Waals surface area contributed by atoms with Crippen LogP contribution in [-0.2, 0) is 4.79 Å². The van der Waals surface area contributed by atoms with Crippen LogP contribution in [0.3, 0.4) is 0 Å². The van der Waals surface area contributed by atoms with E-state index >= 15 is 0 Å². The molecule has 0 amide bonds. The molecule has 23 heavy (non-hydrogen) atoms. The lowest BCUT2D eigenvalue weighted by Gasteiger charge is -2.16. The Morgan fingerprint density at radius 3 is 2.43 bits per heavy atom. The van der Waals surface area contributed by atoms with Gasteiger partial charge in [-0.1, -0.05) is 39.0 Å². The van der Waals surface area contributed by atoms with Crippen molar-refractivity contribution in [3.63, 3.8) is 0 Å². The Kier molecular flexibility index (Phi) is 3.68. The fourth-order valence-electron chi connectivity index (χ4n) is 2.32. The average Bonchev–Trinajstić information content (AvgIpc) is 2.51. The first-order chi connectivity index (χ1) is 10.9. The zero-order chi connectivity index (χ0) is 16.6. The van der Waals surface area contributed by atoms with Crippen molar-refractivity contribution < 1.29 is 13.9 Å². The normalized spacial score (nSPS) is 11.8. The van der Waals surface area contributed by atoms with Crippen LogP contribution in [0.15, 0.2) is 51.7 Å². The highest BCUT2D eigenvalue weighted by Gasteiger charge is 2.21. The van der Waals surface area contributed by atoms with Gasteiger partial charge < -0.3 is 9.15 Å². The van der Waals surface area contributed by atoms with Gasteiger partial charge in [-0.2, -0.15) is 0 Å². The molecule has 0 aliphatic carbocycles. The second-order valence-electron chi connectivity index (χ2n) is 6.55. The SMILES string of the molecule is CC(C)(C)C(=O)COc1ccc2c(c1)oc(=O)c1ccccc12. The van der Waals surface area contributed by atoms with Gasteiger partial charge in [0.15, 0.2) is 5.78 Å². The molecule has 1 heterocycles. The number of hydrogen-bond acceptors (Lipinski definition) is 4. The summed E-state index contributed by atoms with van der Waals surface area (Å²) in [6.45, 7) is 5.55. The van der Waals surface area contributed by atoms with Crippen LogP contribution in [0, 0.1) is 5.41 Å². The third-order valence-electron chi connectivity index (χ3n) is 3.80. The molecule has 3 aromatic rings. The van der Waals surface area contributed by atoms with E-state index in [0.717, 1.165) is 10.8 Å². The van der Waals surface area contributed by atoms with Crippen molar-refractivity contribution in [2.75, 3.05) is 6.61 Å². The quantitative estimate of drug-likeness (QED) is 0.543. The molecule has 0 unspecified atom stereocenters. The first kappa shape index (κ1) is 15.3. The Bertz CT molecular complexity index is 945. The number of hydrogen-bond donors (Lipinski definition) is 0. The number of rotatable bonds is 3. The minimum atomic E-state index is -0.445. The van der Waals surface area contributed by atoms with Crippen LogP contribution < -0.4 is 10.4 Å². The van der Waals surface area contributed by atoms with Gasteiger partial charge in [-0.3, -0.25) is 4.79 Å². The third kappa shape index (κ3) is 2.97. The van der Waals surface area contributed by atoms with Crippen molar-refractivity contribution in [3.8, 4) is 5.75 Å². The molecule has 4 nitrogen and oxygen atoms in total. The van der Waals surface area contributed by atoms with Crippen LogP contribution in [0.1, 0.15) is 20.8 Å². The first-order valence-corrected chi connectivity index (χ1v) is 7.48. The van der Waals surface area contributed by atoms with Gasteiger partial charge in [0.05, 0.1) is 5.39 Å². The Balaban J connectivity index is 1.98. The van der Waals surface area contributed by atoms with Crippen molar-refractivity contribution in [2.45, 2.75) is 20.8 Å². The minimum absolute atomic E-state index is 0.00712. The Hall–Kier alpha value is -2.62.